The van der Waals surface area contributed by atoms with Crippen LogP contribution in [0, 0.1) is 5.82 Å². The third-order valence-electron chi connectivity index (χ3n) is 3.23. The molecule has 0 radical (unpaired) electrons. The Bertz CT molecular complexity index is 882. The molecule has 9 heteroatoms. The Morgan fingerprint density at radius 2 is 1.56 bits per heavy atom. The molecule has 25 heavy (non-hydrogen) atoms. The van der Waals surface area contributed by atoms with Crippen molar-refractivity contribution in [3.05, 3.63) is 65.5 Å². The standard InChI is InChI=1S/C16H15FN2O5S/c17-11-5-7-12(8-6-11)25(23,24)19-10-9-18-15(20)13-3-1-2-4-14(13)16(21)22/h1-8,19H,9-10H2,(H,18,20)(H,21,22). The van der Waals surface area contributed by atoms with Crippen molar-refractivity contribution in [1.82, 2.24) is 10.0 Å². The summed E-state index contributed by atoms with van der Waals surface area (Å²) < 4.78 is 39.0. The highest BCUT2D eigenvalue weighted by Crippen LogP contribution is 2.10. The molecule has 0 saturated carbocycles. The van der Waals surface area contributed by atoms with Gasteiger partial charge in [-0.15, -0.1) is 0 Å². The Labute approximate surface area is 143 Å². The lowest BCUT2D eigenvalue weighted by Crippen LogP contribution is -2.35. The molecule has 0 saturated heterocycles. The normalized spacial score (nSPS) is 11.1. The number of carbonyl (C=O) groups excluding carboxylic acids is 1. The van der Waals surface area contributed by atoms with E-state index in [0.29, 0.717) is 0 Å². The number of carboxylic acid groups (broad SMARTS) is 1. The Hall–Kier alpha value is -2.78. The molecule has 3 N–H and O–H groups in total. The molecule has 0 aliphatic carbocycles. The highest BCUT2D eigenvalue weighted by Gasteiger charge is 2.16. The average molecular weight is 366 g/mol. The van der Waals surface area contributed by atoms with Gasteiger partial charge in [0, 0.05) is 13.1 Å². The number of aromatic carboxylic acids is 1. The van der Waals surface area contributed by atoms with Gasteiger partial charge in [-0.3, -0.25) is 4.79 Å². The SMILES string of the molecule is O=C(O)c1ccccc1C(=O)NCCNS(=O)(=O)c1ccc(F)cc1. The van der Waals surface area contributed by atoms with Crippen molar-refractivity contribution in [2.75, 3.05) is 13.1 Å². The van der Waals surface area contributed by atoms with Gasteiger partial charge >= 0.3 is 5.97 Å². The summed E-state index contributed by atoms with van der Waals surface area (Å²) in [5.74, 6) is -2.41. The van der Waals surface area contributed by atoms with Crippen LogP contribution >= 0.6 is 0 Å². The van der Waals surface area contributed by atoms with E-state index in [0.717, 1.165) is 24.3 Å². The summed E-state index contributed by atoms with van der Waals surface area (Å²) in [4.78, 5) is 23.0. The van der Waals surface area contributed by atoms with Crippen LogP contribution in [0.3, 0.4) is 0 Å². The largest absolute Gasteiger partial charge is 0.478 e. The lowest BCUT2D eigenvalue weighted by atomic mass is 10.1. The quantitative estimate of drug-likeness (QED) is 0.638. The van der Waals surface area contributed by atoms with Crippen molar-refractivity contribution in [3.8, 4) is 0 Å². The zero-order valence-electron chi connectivity index (χ0n) is 12.9. The van der Waals surface area contributed by atoms with Crippen molar-refractivity contribution in [2.45, 2.75) is 4.90 Å². The van der Waals surface area contributed by atoms with Crippen LogP contribution in [0.2, 0.25) is 0 Å². The van der Waals surface area contributed by atoms with E-state index in [-0.39, 0.29) is 29.1 Å². The van der Waals surface area contributed by atoms with Gasteiger partial charge in [0.2, 0.25) is 10.0 Å². The van der Waals surface area contributed by atoms with Gasteiger partial charge < -0.3 is 10.4 Å². The van der Waals surface area contributed by atoms with Gasteiger partial charge in [-0.1, -0.05) is 12.1 Å². The van der Waals surface area contributed by atoms with Crippen LogP contribution in [0.15, 0.2) is 53.4 Å². The zero-order valence-corrected chi connectivity index (χ0v) is 13.7. The zero-order chi connectivity index (χ0) is 18.4. The molecular weight excluding hydrogens is 351 g/mol. The van der Waals surface area contributed by atoms with Gasteiger partial charge in [-0.2, -0.15) is 0 Å². The predicted octanol–water partition coefficient (Wildman–Crippen LogP) is 1.23. The molecular formula is C16H15FN2O5S. The van der Waals surface area contributed by atoms with Crippen LogP contribution in [-0.2, 0) is 10.0 Å². The summed E-state index contributed by atoms with van der Waals surface area (Å²) in [6, 6.07) is 9.99. The smallest absolute Gasteiger partial charge is 0.336 e. The van der Waals surface area contributed by atoms with E-state index in [1.807, 2.05) is 0 Å². The average Bonchev–Trinajstić information content (AvgIpc) is 2.59. The van der Waals surface area contributed by atoms with Crippen molar-refractivity contribution in [2.24, 2.45) is 0 Å². The van der Waals surface area contributed by atoms with Gasteiger partial charge in [-0.05, 0) is 36.4 Å². The molecule has 0 unspecified atom stereocenters. The maximum atomic E-state index is 12.8. The molecule has 132 valence electrons. The van der Waals surface area contributed by atoms with E-state index in [1.165, 1.54) is 24.3 Å². The van der Waals surface area contributed by atoms with E-state index in [1.54, 1.807) is 0 Å². The summed E-state index contributed by atoms with van der Waals surface area (Å²) in [5, 5.41) is 11.5. The number of rotatable bonds is 7. The molecule has 0 fully saturated rings. The van der Waals surface area contributed by atoms with E-state index in [2.05, 4.69) is 10.0 Å². The van der Waals surface area contributed by atoms with Crippen molar-refractivity contribution in [3.63, 3.8) is 0 Å². The highest BCUT2D eigenvalue weighted by atomic mass is 32.2. The first-order chi connectivity index (χ1) is 11.8. The molecule has 0 atom stereocenters. The van der Waals surface area contributed by atoms with E-state index in [4.69, 9.17) is 5.11 Å². The van der Waals surface area contributed by atoms with Crippen LogP contribution in [0.25, 0.3) is 0 Å². The molecule has 2 aromatic rings. The molecule has 0 aliphatic rings. The number of hydrogen-bond donors (Lipinski definition) is 3. The van der Waals surface area contributed by atoms with Crippen LogP contribution < -0.4 is 10.0 Å². The topological polar surface area (TPSA) is 113 Å². The van der Waals surface area contributed by atoms with Crippen LogP contribution in [-0.4, -0.2) is 38.5 Å². The second kappa shape index (κ2) is 7.86. The minimum absolute atomic E-state index is 0.0172. The number of carboxylic acids is 1. The Morgan fingerprint density at radius 1 is 0.960 bits per heavy atom. The van der Waals surface area contributed by atoms with Gasteiger partial charge in [-0.25, -0.2) is 22.3 Å². The summed E-state index contributed by atoms with van der Waals surface area (Å²) in [6.07, 6.45) is 0. The summed E-state index contributed by atoms with van der Waals surface area (Å²) in [7, 11) is -3.82. The molecule has 2 rings (SSSR count). The van der Waals surface area contributed by atoms with Gasteiger partial charge in [0.05, 0.1) is 16.0 Å². The minimum atomic E-state index is -3.82. The molecule has 2 aromatic carbocycles. The monoisotopic (exact) mass is 366 g/mol. The van der Waals surface area contributed by atoms with Crippen molar-refractivity contribution in [1.29, 1.82) is 0 Å². The summed E-state index contributed by atoms with van der Waals surface area (Å²) in [5.41, 5.74) is -0.164. The van der Waals surface area contributed by atoms with Gasteiger partial charge in [0.15, 0.2) is 0 Å². The maximum absolute atomic E-state index is 12.8. The highest BCUT2D eigenvalue weighted by molar-refractivity contribution is 7.89. The molecule has 1 amide bonds. The summed E-state index contributed by atoms with van der Waals surface area (Å²) in [6.45, 7) is -0.159. The molecule has 0 heterocycles. The lowest BCUT2D eigenvalue weighted by Gasteiger charge is -2.09. The van der Waals surface area contributed by atoms with Crippen molar-refractivity contribution >= 4 is 21.9 Å². The second-order valence-electron chi connectivity index (χ2n) is 4.96. The number of carbonyl (C=O) groups is 2. The summed E-state index contributed by atoms with van der Waals surface area (Å²) >= 11 is 0. The molecule has 0 aliphatic heterocycles. The number of hydrogen-bond acceptors (Lipinski definition) is 4. The maximum Gasteiger partial charge on any atom is 0.336 e. The van der Waals surface area contributed by atoms with Crippen LogP contribution in [0.5, 0.6) is 0 Å². The van der Waals surface area contributed by atoms with Crippen LogP contribution in [0.4, 0.5) is 4.39 Å². The van der Waals surface area contributed by atoms with Crippen LogP contribution in [0.1, 0.15) is 20.7 Å². The Morgan fingerprint density at radius 3 is 2.16 bits per heavy atom. The number of halogens is 1. The minimum Gasteiger partial charge on any atom is -0.478 e. The number of amides is 1. The van der Waals surface area contributed by atoms with E-state index < -0.39 is 27.7 Å². The first-order valence-electron chi connectivity index (χ1n) is 7.17. The fraction of sp³-hybridized carbons (Fsp3) is 0.125. The fourth-order valence-corrected chi connectivity index (χ4v) is 3.05. The van der Waals surface area contributed by atoms with Gasteiger partial charge in [0.25, 0.3) is 5.91 Å². The third-order valence-corrected chi connectivity index (χ3v) is 4.71. The van der Waals surface area contributed by atoms with E-state index in [9.17, 15) is 22.4 Å². The van der Waals surface area contributed by atoms with Crippen molar-refractivity contribution < 1.29 is 27.5 Å². The lowest BCUT2D eigenvalue weighted by molar-refractivity contribution is 0.0691. The third kappa shape index (κ3) is 4.85. The Balaban J connectivity index is 1.92. The number of sulfonamides is 1. The molecule has 7 nitrogen and oxygen atoms in total. The first kappa shape index (κ1) is 18.6. The first-order valence-corrected chi connectivity index (χ1v) is 8.65. The Kier molecular flexibility index (Phi) is 5.84. The predicted molar refractivity (Wildman–Crippen MR) is 87.3 cm³/mol. The second-order valence-corrected chi connectivity index (χ2v) is 6.73. The number of nitrogens with one attached hydrogen (secondary N) is 2. The van der Waals surface area contributed by atoms with E-state index >= 15 is 0 Å². The number of benzene rings is 2. The molecule has 0 aromatic heterocycles. The van der Waals surface area contributed by atoms with Gasteiger partial charge in [0.1, 0.15) is 5.82 Å². The fourth-order valence-electron chi connectivity index (χ4n) is 2.02. The molecule has 0 spiro atoms. The molecule has 0 bridgehead atoms.